The van der Waals surface area contributed by atoms with Crippen molar-refractivity contribution in [2.24, 2.45) is 0 Å². The molecule has 7 heteroatoms. The molecule has 2 aromatic carbocycles. The molecule has 0 heterocycles. The number of carboxylic acid groups (broad SMARTS) is 2. The second-order valence-corrected chi connectivity index (χ2v) is 5.61. The molecular formula is C19H19NO6. The van der Waals surface area contributed by atoms with Gasteiger partial charge in [-0.15, -0.1) is 0 Å². The summed E-state index contributed by atoms with van der Waals surface area (Å²) in [5, 5.41) is 20.4. The van der Waals surface area contributed by atoms with E-state index in [0.29, 0.717) is 24.1 Å². The number of amides is 1. The normalized spacial score (nSPS) is 10.2. The predicted molar refractivity (Wildman–Crippen MR) is 94.2 cm³/mol. The molecule has 0 aromatic heterocycles. The van der Waals surface area contributed by atoms with Crippen molar-refractivity contribution in [1.82, 2.24) is 0 Å². The van der Waals surface area contributed by atoms with Gasteiger partial charge < -0.3 is 14.9 Å². The number of anilines is 1. The van der Waals surface area contributed by atoms with Crippen LogP contribution in [-0.4, -0.2) is 28.2 Å². The summed E-state index contributed by atoms with van der Waals surface area (Å²) in [6.45, 7) is 0.105. The first kappa shape index (κ1) is 19.0. The average Bonchev–Trinajstić information content (AvgIpc) is 2.61. The van der Waals surface area contributed by atoms with Crippen molar-refractivity contribution < 1.29 is 29.3 Å². The summed E-state index contributed by atoms with van der Waals surface area (Å²) in [4.78, 5) is 33.8. The summed E-state index contributed by atoms with van der Waals surface area (Å²) in [7, 11) is 0. The Kier molecular flexibility index (Phi) is 6.73. The Morgan fingerprint density at radius 3 is 2.38 bits per heavy atom. The van der Waals surface area contributed by atoms with Gasteiger partial charge in [0.15, 0.2) is 0 Å². The van der Waals surface area contributed by atoms with Crippen LogP contribution in [0.25, 0.3) is 0 Å². The number of hydrogen-bond acceptors (Lipinski definition) is 4. The second kappa shape index (κ2) is 9.22. The van der Waals surface area contributed by atoms with Gasteiger partial charge in [-0.3, -0.25) is 10.1 Å². The smallest absolute Gasteiger partial charge is 0.411 e. The molecule has 0 aliphatic heterocycles. The summed E-state index contributed by atoms with van der Waals surface area (Å²) < 4.78 is 5.15. The van der Waals surface area contributed by atoms with Crippen LogP contribution in [0.5, 0.6) is 0 Å². The third-order valence-corrected chi connectivity index (χ3v) is 3.64. The summed E-state index contributed by atoms with van der Waals surface area (Å²) in [6, 6.07) is 13.5. The van der Waals surface area contributed by atoms with Crippen molar-refractivity contribution in [2.45, 2.75) is 25.9 Å². The van der Waals surface area contributed by atoms with Crippen molar-refractivity contribution in [1.29, 1.82) is 0 Å². The maximum absolute atomic E-state index is 12.0. The zero-order chi connectivity index (χ0) is 18.9. The zero-order valence-corrected chi connectivity index (χ0v) is 14.0. The number of carbonyl (C=O) groups is 3. The fourth-order valence-corrected chi connectivity index (χ4v) is 2.35. The molecule has 3 N–H and O–H groups in total. The molecule has 0 aliphatic rings. The van der Waals surface area contributed by atoms with E-state index >= 15 is 0 Å². The van der Waals surface area contributed by atoms with Gasteiger partial charge in [0.25, 0.3) is 0 Å². The third-order valence-electron chi connectivity index (χ3n) is 3.64. The minimum Gasteiger partial charge on any atom is -0.481 e. The van der Waals surface area contributed by atoms with Crippen molar-refractivity contribution in [3.63, 3.8) is 0 Å². The van der Waals surface area contributed by atoms with Crippen LogP contribution in [0.1, 0.15) is 34.3 Å². The van der Waals surface area contributed by atoms with E-state index in [1.54, 1.807) is 0 Å². The Morgan fingerprint density at radius 1 is 1.00 bits per heavy atom. The number of aliphatic carboxylic acids is 1. The number of benzene rings is 2. The van der Waals surface area contributed by atoms with Gasteiger partial charge in [0, 0.05) is 12.1 Å². The summed E-state index contributed by atoms with van der Waals surface area (Å²) in [5.41, 5.74) is 1.85. The largest absolute Gasteiger partial charge is 0.481 e. The highest BCUT2D eigenvalue weighted by Crippen LogP contribution is 2.21. The zero-order valence-electron chi connectivity index (χ0n) is 14.0. The number of hydrogen-bond donors (Lipinski definition) is 3. The molecule has 136 valence electrons. The minimum absolute atomic E-state index is 0.0464. The molecule has 0 radical (unpaired) electrons. The van der Waals surface area contributed by atoms with E-state index < -0.39 is 18.0 Å². The third kappa shape index (κ3) is 5.94. The molecule has 1 amide bonds. The molecule has 0 bridgehead atoms. The lowest BCUT2D eigenvalue weighted by molar-refractivity contribution is -0.137. The summed E-state index contributed by atoms with van der Waals surface area (Å²) in [5.74, 6) is -2.03. The number of rotatable bonds is 8. The maximum Gasteiger partial charge on any atom is 0.411 e. The van der Waals surface area contributed by atoms with E-state index in [0.717, 1.165) is 5.56 Å². The van der Waals surface area contributed by atoms with E-state index in [1.807, 2.05) is 30.3 Å². The second-order valence-electron chi connectivity index (χ2n) is 5.61. The summed E-state index contributed by atoms with van der Waals surface area (Å²) in [6.07, 6.45) is -0.0697. The quantitative estimate of drug-likeness (QED) is 0.666. The van der Waals surface area contributed by atoms with Crippen LogP contribution in [0.3, 0.4) is 0 Å². The molecule has 0 spiro atoms. The van der Waals surface area contributed by atoms with Gasteiger partial charge >= 0.3 is 18.0 Å². The molecule has 26 heavy (non-hydrogen) atoms. The molecule has 2 aromatic rings. The van der Waals surface area contributed by atoms with Gasteiger partial charge in [-0.25, -0.2) is 9.59 Å². The molecule has 0 atom stereocenters. The fourth-order valence-electron chi connectivity index (χ4n) is 2.35. The molecule has 7 nitrogen and oxygen atoms in total. The number of aromatic carboxylic acids is 1. The van der Waals surface area contributed by atoms with Crippen LogP contribution >= 0.6 is 0 Å². The van der Waals surface area contributed by atoms with Crippen molar-refractivity contribution in [2.75, 3.05) is 5.32 Å². The van der Waals surface area contributed by atoms with Gasteiger partial charge in [-0.05, 0) is 42.2 Å². The van der Waals surface area contributed by atoms with Gasteiger partial charge in [0.05, 0.1) is 5.56 Å². The molecular weight excluding hydrogens is 338 g/mol. The Labute approximate surface area is 150 Å². The molecule has 0 fully saturated rings. The van der Waals surface area contributed by atoms with Crippen LogP contribution < -0.4 is 5.32 Å². The Hall–Kier alpha value is -3.35. The van der Waals surface area contributed by atoms with Crippen LogP contribution in [0.4, 0.5) is 10.5 Å². The van der Waals surface area contributed by atoms with Crippen molar-refractivity contribution >= 4 is 23.7 Å². The number of carbonyl (C=O) groups excluding carboxylic acids is 1. The Morgan fingerprint density at radius 2 is 1.73 bits per heavy atom. The SMILES string of the molecule is O=C(O)CCCc1cc(C(=O)O)ccc1NC(=O)OCc1ccccc1. The van der Waals surface area contributed by atoms with Crippen molar-refractivity contribution in [3.8, 4) is 0 Å². The minimum atomic E-state index is -1.09. The number of nitrogens with one attached hydrogen (secondary N) is 1. The average molecular weight is 357 g/mol. The summed E-state index contributed by atoms with van der Waals surface area (Å²) >= 11 is 0. The Balaban J connectivity index is 2.04. The van der Waals surface area contributed by atoms with Gasteiger partial charge in [0.2, 0.25) is 0 Å². The fraction of sp³-hybridized carbons (Fsp3) is 0.211. The topological polar surface area (TPSA) is 113 Å². The van der Waals surface area contributed by atoms with Crippen LogP contribution in [0, 0.1) is 0 Å². The van der Waals surface area contributed by atoms with Crippen LogP contribution in [0.2, 0.25) is 0 Å². The van der Waals surface area contributed by atoms with Gasteiger partial charge in [-0.1, -0.05) is 30.3 Å². The van der Waals surface area contributed by atoms with E-state index in [2.05, 4.69) is 5.32 Å². The first-order valence-corrected chi connectivity index (χ1v) is 8.01. The highest BCUT2D eigenvalue weighted by molar-refractivity contribution is 5.91. The van der Waals surface area contributed by atoms with E-state index in [4.69, 9.17) is 14.9 Å². The van der Waals surface area contributed by atoms with Crippen LogP contribution in [-0.2, 0) is 22.6 Å². The lowest BCUT2D eigenvalue weighted by Gasteiger charge is -2.12. The predicted octanol–water partition coefficient (Wildman–Crippen LogP) is 3.54. The first-order chi connectivity index (χ1) is 12.5. The number of ether oxygens (including phenoxy) is 1. The van der Waals surface area contributed by atoms with E-state index in [-0.39, 0.29) is 18.6 Å². The number of carboxylic acids is 2. The molecule has 0 aliphatic carbocycles. The molecule has 2 rings (SSSR count). The lowest BCUT2D eigenvalue weighted by Crippen LogP contribution is -2.15. The van der Waals surface area contributed by atoms with Gasteiger partial charge in [0.1, 0.15) is 6.61 Å². The van der Waals surface area contributed by atoms with E-state index in [9.17, 15) is 14.4 Å². The van der Waals surface area contributed by atoms with E-state index in [1.165, 1.54) is 18.2 Å². The molecule has 0 unspecified atom stereocenters. The molecule has 0 saturated carbocycles. The maximum atomic E-state index is 12.0. The Bertz CT molecular complexity index is 788. The standard InChI is InChI=1S/C19H19NO6/c21-17(22)8-4-7-14-11-15(18(23)24)9-10-16(14)20-19(25)26-12-13-5-2-1-3-6-13/h1-3,5-6,9-11H,4,7-8,12H2,(H,20,25)(H,21,22)(H,23,24). The van der Waals surface area contributed by atoms with Crippen molar-refractivity contribution in [3.05, 3.63) is 65.2 Å². The first-order valence-electron chi connectivity index (χ1n) is 8.01. The number of aryl methyl sites for hydroxylation is 1. The molecule has 0 saturated heterocycles. The van der Waals surface area contributed by atoms with Crippen LogP contribution in [0.15, 0.2) is 48.5 Å². The monoisotopic (exact) mass is 357 g/mol. The highest BCUT2D eigenvalue weighted by Gasteiger charge is 2.12. The highest BCUT2D eigenvalue weighted by atomic mass is 16.5. The lowest BCUT2D eigenvalue weighted by atomic mass is 10.0. The van der Waals surface area contributed by atoms with Gasteiger partial charge in [-0.2, -0.15) is 0 Å².